The van der Waals surface area contributed by atoms with Crippen molar-refractivity contribution in [2.45, 2.75) is 25.9 Å². The monoisotopic (exact) mass is 176 g/mol. The first-order valence-electron chi connectivity index (χ1n) is 4.03. The lowest BCUT2D eigenvalue weighted by molar-refractivity contribution is -0.143. The molecule has 4 heteroatoms. The van der Waals surface area contributed by atoms with Gasteiger partial charge in [0.15, 0.2) is 0 Å². The minimum absolute atomic E-state index is 0.0225. The summed E-state index contributed by atoms with van der Waals surface area (Å²) < 4.78 is 9.93. The summed E-state index contributed by atoms with van der Waals surface area (Å²) >= 11 is 0. The Morgan fingerprint density at radius 2 is 2.25 bits per heavy atom. The standard InChI is InChI=1S/C8H16O4/c1-3-4-7(11-2)5-12-6-8(9)10/h7H,3-6H2,1-2H3,(H,9,10). The minimum atomic E-state index is -0.943. The van der Waals surface area contributed by atoms with E-state index in [1.54, 1.807) is 7.11 Å². The van der Waals surface area contributed by atoms with Gasteiger partial charge in [-0.15, -0.1) is 0 Å². The van der Waals surface area contributed by atoms with Crippen molar-refractivity contribution in [2.75, 3.05) is 20.3 Å². The van der Waals surface area contributed by atoms with Crippen LogP contribution in [0, 0.1) is 0 Å². The SMILES string of the molecule is CCCC(COCC(=O)O)OC. The fourth-order valence-corrected chi connectivity index (χ4v) is 0.869. The quantitative estimate of drug-likeness (QED) is 0.626. The highest BCUT2D eigenvalue weighted by Crippen LogP contribution is 2.00. The van der Waals surface area contributed by atoms with Crippen LogP contribution < -0.4 is 0 Å². The second kappa shape index (κ2) is 7.06. The molecule has 0 aromatic carbocycles. The molecule has 1 N–H and O–H groups in total. The van der Waals surface area contributed by atoms with E-state index in [1.165, 1.54) is 0 Å². The van der Waals surface area contributed by atoms with Gasteiger partial charge in [-0.25, -0.2) is 4.79 Å². The predicted molar refractivity (Wildman–Crippen MR) is 44.2 cm³/mol. The van der Waals surface area contributed by atoms with Crippen molar-refractivity contribution >= 4 is 5.97 Å². The Morgan fingerprint density at radius 3 is 2.67 bits per heavy atom. The maximum Gasteiger partial charge on any atom is 0.329 e. The van der Waals surface area contributed by atoms with E-state index in [9.17, 15) is 4.79 Å². The topological polar surface area (TPSA) is 55.8 Å². The molecule has 0 aliphatic rings. The van der Waals surface area contributed by atoms with Crippen LogP contribution in [-0.4, -0.2) is 37.5 Å². The summed E-state index contributed by atoms with van der Waals surface area (Å²) in [5.74, 6) is -0.943. The highest BCUT2D eigenvalue weighted by molar-refractivity contribution is 5.67. The summed E-state index contributed by atoms with van der Waals surface area (Å²) in [6.07, 6.45) is 1.93. The van der Waals surface area contributed by atoms with Crippen molar-refractivity contribution in [3.05, 3.63) is 0 Å². The van der Waals surface area contributed by atoms with E-state index in [0.717, 1.165) is 12.8 Å². The Balaban J connectivity index is 3.37. The molecule has 0 aromatic heterocycles. The molecule has 0 amide bonds. The van der Waals surface area contributed by atoms with Gasteiger partial charge in [0.25, 0.3) is 0 Å². The van der Waals surface area contributed by atoms with Crippen molar-refractivity contribution in [3.63, 3.8) is 0 Å². The average Bonchev–Trinajstić information content (AvgIpc) is 2.02. The predicted octanol–water partition coefficient (Wildman–Crippen LogP) is 0.903. The molecule has 1 atom stereocenters. The van der Waals surface area contributed by atoms with Crippen molar-refractivity contribution < 1.29 is 19.4 Å². The fourth-order valence-electron chi connectivity index (χ4n) is 0.869. The third kappa shape index (κ3) is 6.12. The molecule has 0 aliphatic heterocycles. The summed E-state index contributed by atoms with van der Waals surface area (Å²) in [5.41, 5.74) is 0. The zero-order chi connectivity index (χ0) is 9.40. The molecule has 0 aliphatic carbocycles. The van der Waals surface area contributed by atoms with Gasteiger partial charge >= 0.3 is 5.97 Å². The molecular formula is C8H16O4. The zero-order valence-electron chi connectivity index (χ0n) is 7.58. The van der Waals surface area contributed by atoms with Crippen LogP contribution in [0.15, 0.2) is 0 Å². The van der Waals surface area contributed by atoms with Crippen molar-refractivity contribution in [3.8, 4) is 0 Å². The van der Waals surface area contributed by atoms with Gasteiger partial charge < -0.3 is 14.6 Å². The van der Waals surface area contributed by atoms with Crippen molar-refractivity contribution in [1.82, 2.24) is 0 Å². The number of rotatable bonds is 7. The molecule has 0 fully saturated rings. The van der Waals surface area contributed by atoms with E-state index in [1.807, 2.05) is 6.92 Å². The number of carboxylic acid groups (broad SMARTS) is 1. The molecule has 12 heavy (non-hydrogen) atoms. The molecule has 1 unspecified atom stereocenters. The summed E-state index contributed by atoms with van der Waals surface area (Å²) in [4.78, 5) is 10.1. The van der Waals surface area contributed by atoms with Crippen molar-refractivity contribution in [1.29, 1.82) is 0 Å². The smallest absolute Gasteiger partial charge is 0.329 e. The number of ether oxygens (including phenoxy) is 2. The average molecular weight is 176 g/mol. The number of methoxy groups -OCH3 is 1. The Hall–Kier alpha value is -0.610. The van der Waals surface area contributed by atoms with E-state index >= 15 is 0 Å². The largest absolute Gasteiger partial charge is 0.480 e. The third-order valence-corrected chi connectivity index (χ3v) is 1.47. The second-order valence-corrected chi connectivity index (χ2v) is 2.56. The molecular weight excluding hydrogens is 160 g/mol. The van der Waals surface area contributed by atoms with Crippen LogP contribution in [0.5, 0.6) is 0 Å². The van der Waals surface area contributed by atoms with Crippen LogP contribution in [0.3, 0.4) is 0 Å². The van der Waals surface area contributed by atoms with E-state index in [-0.39, 0.29) is 12.7 Å². The van der Waals surface area contributed by atoms with E-state index in [4.69, 9.17) is 14.6 Å². The first-order chi connectivity index (χ1) is 5.70. The highest BCUT2D eigenvalue weighted by atomic mass is 16.5. The number of hydrogen-bond donors (Lipinski definition) is 1. The van der Waals surface area contributed by atoms with Gasteiger partial charge in [-0.05, 0) is 6.42 Å². The van der Waals surface area contributed by atoms with Gasteiger partial charge in [-0.2, -0.15) is 0 Å². The van der Waals surface area contributed by atoms with Gasteiger partial charge in [-0.3, -0.25) is 0 Å². The molecule has 0 saturated carbocycles. The third-order valence-electron chi connectivity index (χ3n) is 1.47. The molecule has 0 rings (SSSR count). The summed E-state index contributed by atoms with van der Waals surface area (Å²) in [6, 6.07) is 0. The van der Waals surface area contributed by atoms with Gasteiger partial charge in [0, 0.05) is 7.11 Å². The maximum atomic E-state index is 10.1. The van der Waals surface area contributed by atoms with Crippen LogP contribution >= 0.6 is 0 Å². The van der Waals surface area contributed by atoms with Crippen LogP contribution in [0.25, 0.3) is 0 Å². The summed E-state index contributed by atoms with van der Waals surface area (Å²) in [7, 11) is 1.60. The van der Waals surface area contributed by atoms with E-state index < -0.39 is 5.97 Å². The highest BCUT2D eigenvalue weighted by Gasteiger charge is 2.06. The molecule has 0 heterocycles. The van der Waals surface area contributed by atoms with Gasteiger partial charge in [0.05, 0.1) is 12.7 Å². The van der Waals surface area contributed by atoms with Crippen LogP contribution in [0.2, 0.25) is 0 Å². The van der Waals surface area contributed by atoms with Gasteiger partial charge in [0.2, 0.25) is 0 Å². The number of aliphatic carboxylic acids is 1. The fraction of sp³-hybridized carbons (Fsp3) is 0.875. The van der Waals surface area contributed by atoms with Gasteiger partial charge in [-0.1, -0.05) is 13.3 Å². The summed E-state index contributed by atoms with van der Waals surface area (Å²) in [6.45, 7) is 2.16. The van der Waals surface area contributed by atoms with Crippen LogP contribution in [0.4, 0.5) is 0 Å². The Bertz CT molecular complexity index is 124. The number of carboxylic acids is 1. The first-order valence-corrected chi connectivity index (χ1v) is 4.03. The minimum Gasteiger partial charge on any atom is -0.480 e. The first kappa shape index (κ1) is 11.4. The molecule has 0 saturated heterocycles. The lowest BCUT2D eigenvalue weighted by atomic mass is 10.2. The van der Waals surface area contributed by atoms with Crippen LogP contribution in [-0.2, 0) is 14.3 Å². The normalized spacial score (nSPS) is 12.8. The zero-order valence-corrected chi connectivity index (χ0v) is 7.58. The molecule has 72 valence electrons. The number of hydrogen-bond acceptors (Lipinski definition) is 3. The Kier molecular flexibility index (Phi) is 6.70. The van der Waals surface area contributed by atoms with Crippen molar-refractivity contribution in [2.24, 2.45) is 0 Å². The van der Waals surface area contributed by atoms with E-state index in [2.05, 4.69) is 0 Å². The molecule has 0 radical (unpaired) electrons. The second-order valence-electron chi connectivity index (χ2n) is 2.56. The Morgan fingerprint density at radius 1 is 1.58 bits per heavy atom. The lowest BCUT2D eigenvalue weighted by Gasteiger charge is -2.13. The maximum absolute atomic E-state index is 10.1. The van der Waals surface area contributed by atoms with E-state index in [0.29, 0.717) is 6.61 Å². The Labute approximate surface area is 72.5 Å². The lowest BCUT2D eigenvalue weighted by Crippen LogP contribution is -2.20. The number of carbonyl (C=O) groups is 1. The summed E-state index contributed by atoms with van der Waals surface area (Å²) in [5, 5.41) is 8.26. The van der Waals surface area contributed by atoms with Gasteiger partial charge in [0.1, 0.15) is 6.61 Å². The molecule has 0 bridgehead atoms. The molecule has 0 aromatic rings. The molecule has 4 nitrogen and oxygen atoms in total. The van der Waals surface area contributed by atoms with Crippen LogP contribution in [0.1, 0.15) is 19.8 Å². The molecule has 0 spiro atoms.